The SMILES string of the molecule is Cn1ccc(C(=O)NC2(/C(N)=N/O)CCCCCCC2)n1. The highest BCUT2D eigenvalue weighted by Gasteiger charge is 2.37. The molecular formula is C14H23N5O2. The summed E-state index contributed by atoms with van der Waals surface area (Å²) in [6.45, 7) is 0. The van der Waals surface area contributed by atoms with Gasteiger partial charge in [-0.3, -0.25) is 9.48 Å². The summed E-state index contributed by atoms with van der Waals surface area (Å²) in [5.41, 5.74) is 5.46. The summed E-state index contributed by atoms with van der Waals surface area (Å²) in [7, 11) is 1.76. The Morgan fingerprint density at radius 1 is 1.38 bits per heavy atom. The van der Waals surface area contributed by atoms with Crippen molar-refractivity contribution in [1.82, 2.24) is 15.1 Å². The number of carbonyl (C=O) groups is 1. The van der Waals surface area contributed by atoms with E-state index < -0.39 is 5.54 Å². The molecule has 1 amide bonds. The lowest BCUT2D eigenvalue weighted by Crippen LogP contribution is -2.58. The molecule has 1 aromatic rings. The van der Waals surface area contributed by atoms with Crippen LogP contribution in [0.3, 0.4) is 0 Å². The molecule has 1 aliphatic carbocycles. The van der Waals surface area contributed by atoms with Crippen LogP contribution in [-0.4, -0.2) is 32.3 Å². The fraction of sp³-hybridized carbons (Fsp3) is 0.643. The monoisotopic (exact) mass is 293 g/mol. The molecular weight excluding hydrogens is 270 g/mol. The Morgan fingerprint density at radius 3 is 2.52 bits per heavy atom. The van der Waals surface area contributed by atoms with Crippen molar-refractivity contribution < 1.29 is 10.0 Å². The Hall–Kier alpha value is -2.05. The largest absolute Gasteiger partial charge is 0.409 e. The Morgan fingerprint density at radius 2 is 2.00 bits per heavy atom. The minimum Gasteiger partial charge on any atom is -0.409 e. The first kappa shape index (κ1) is 15.3. The van der Waals surface area contributed by atoms with Crippen LogP contribution in [0, 0.1) is 0 Å². The third-order valence-corrected chi connectivity index (χ3v) is 4.10. The summed E-state index contributed by atoms with van der Waals surface area (Å²) in [5.74, 6) is -0.212. The van der Waals surface area contributed by atoms with E-state index in [4.69, 9.17) is 10.9 Å². The highest BCUT2D eigenvalue weighted by Crippen LogP contribution is 2.27. The number of aryl methyl sites for hydroxylation is 1. The topological polar surface area (TPSA) is 106 Å². The number of amidine groups is 1. The maximum atomic E-state index is 12.4. The molecule has 0 bridgehead atoms. The highest BCUT2D eigenvalue weighted by atomic mass is 16.4. The third kappa shape index (κ3) is 3.53. The Bertz CT molecular complexity index is 515. The lowest BCUT2D eigenvalue weighted by molar-refractivity contribution is 0.0904. The number of oxime groups is 1. The van der Waals surface area contributed by atoms with Gasteiger partial charge < -0.3 is 16.3 Å². The molecule has 1 aromatic heterocycles. The number of nitrogens with zero attached hydrogens (tertiary/aromatic N) is 3. The fourth-order valence-corrected chi connectivity index (χ4v) is 2.87. The third-order valence-electron chi connectivity index (χ3n) is 4.10. The summed E-state index contributed by atoms with van der Waals surface area (Å²) in [6, 6.07) is 1.65. The van der Waals surface area contributed by atoms with Gasteiger partial charge in [-0.2, -0.15) is 5.10 Å². The van der Waals surface area contributed by atoms with Crippen LogP contribution in [0.1, 0.15) is 55.4 Å². The minimum absolute atomic E-state index is 0.0775. The van der Waals surface area contributed by atoms with Crippen LogP contribution in [0.2, 0.25) is 0 Å². The lowest BCUT2D eigenvalue weighted by atomic mass is 9.82. The van der Waals surface area contributed by atoms with Crippen LogP contribution >= 0.6 is 0 Å². The van der Waals surface area contributed by atoms with E-state index in [1.54, 1.807) is 24.0 Å². The van der Waals surface area contributed by atoms with Crippen molar-refractivity contribution in [2.75, 3.05) is 0 Å². The Kier molecular flexibility index (Phi) is 4.82. The molecule has 1 saturated carbocycles. The number of hydrogen-bond donors (Lipinski definition) is 3. The minimum atomic E-state index is -0.774. The number of amides is 1. The maximum Gasteiger partial charge on any atom is 0.272 e. The number of nitrogens with two attached hydrogens (primary N) is 1. The van der Waals surface area contributed by atoms with E-state index in [-0.39, 0.29) is 11.7 Å². The maximum absolute atomic E-state index is 12.4. The van der Waals surface area contributed by atoms with Gasteiger partial charge in [0.1, 0.15) is 11.2 Å². The predicted octanol–water partition coefficient (Wildman–Crippen LogP) is 1.38. The number of nitrogens with one attached hydrogen (secondary N) is 1. The molecule has 116 valence electrons. The molecule has 1 heterocycles. The molecule has 0 aromatic carbocycles. The van der Waals surface area contributed by atoms with Gasteiger partial charge in [-0.05, 0) is 18.9 Å². The first-order valence-electron chi connectivity index (χ1n) is 7.37. The van der Waals surface area contributed by atoms with Crippen LogP contribution in [-0.2, 0) is 7.05 Å². The van der Waals surface area contributed by atoms with Crippen LogP contribution in [0.4, 0.5) is 0 Å². The first-order valence-corrected chi connectivity index (χ1v) is 7.37. The molecule has 1 aliphatic rings. The molecule has 0 radical (unpaired) electrons. The number of rotatable bonds is 3. The first-order chi connectivity index (χ1) is 10.1. The van der Waals surface area contributed by atoms with Crippen LogP contribution < -0.4 is 11.1 Å². The van der Waals surface area contributed by atoms with E-state index in [9.17, 15) is 4.79 Å². The van der Waals surface area contributed by atoms with Gasteiger partial charge in [0.15, 0.2) is 5.84 Å². The van der Waals surface area contributed by atoms with Crippen LogP contribution in [0.5, 0.6) is 0 Å². The summed E-state index contributed by atoms with van der Waals surface area (Å²) in [4.78, 5) is 12.4. The van der Waals surface area contributed by atoms with Gasteiger partial charge in [0.05, 0.1) is 0 Å². The molecule has 21 heavy (non-hydrogen) atoms. The van der Waals surface area contributed by atoms with Crippen molar-refractivity contribution in [2.24, 2.45) is 17.9 Å². The molecule has 4 N–H and O–H groups in total. The molecule has 0 saturated heterocycles. The molecule has 0 unspecified atom stereocenters. The molecule has 7 nitrogen and oxygen atoms in total. The van der Waals surface area contributed by atoms with E-state index in [2.05, 4.69) is 15.6 Å². The van der Waals surface area contributed by atoms with Gasteiger partial charge in [0, 0.05) is 13.2 Å². The fourth-order valence-electron chi connectivity index (χ4n) is 2.87. The van der Waals surface area contributed by atoms with E-state index >= 15 is 0 Å². The average molecular weight is 293 g/mol. The molecule has 0 aliphatic heterocycles. The van der Waals surface area contributed by atoms with Gasteiger partial charge in [0.25, 0.3) is 5.91 Å². The van der Waals surface area contributed by atoms with Gasteiger partial charge in [0.2, 0.25) is 0 Å². The van der Waals surface area contributed by atoms with Crippen LogP contribution in [0.25, 0.3) is 0 Å². The normalized spacial score (nSPS) is 19.6. The second-order valence-electron chi connectivity index (χ2n) is 5.66. The smallest absolute Gasteiger partial charge is 0.272 e. The molecule has 1 fully saturated rings. The zero-order valence-electron chi connectivity index (χ0n) is 12.4. The van der Waals surface area contributed by atoms with Gasteiger partial charge >= 0.3 is 0 Å². The molecule has 0 spiro atoms. The molecule has 7 heteroatoms. The van der Waals surface area contributed by atoms with E-state index in [0.29, 0.717) is 18.5 Å². The number of aromatic nitrogens is 2. The van der Waals surface area contributed by atoms with Crippen molar-refractivity contribution >= 4 is 11.7 Å². The van der Waals surface area contributed by atoms with Crippen molar-refractivity contribution in [3.05, 3.63) is 18.0 Å². The zero-order valence-corrected chi connectivity index (χ0v) is 12.4. The highest BCUT2D eigenvalue weighted by molar-refractivity contribution is 5.99. The van der Waals surface area contributed by atoms with E-state index in [1.165, 1.54) is 6.42 Å². The Labute approximate surface area is 124 Å². The van der Waals surface area contributed by atoms with Gasteiger partial charge in [-0.15, -0.1) is 0 Å². The average Bonchev–Trinajstić information content (AvgIpc) is 2.88. The predicted molar refractivity (Wildman–Crippen MR) is 79.1 cm³/mol. The van der Waals surface area contributed by atoms with Crippen molar-refractivity contribution in [1.29, 1.82) is 0 Å². The molecule has 0 atom stereocenters. The van der Waals surface area contributed by atoms with Crippen LogP contribution in [0.15, 0.2) is 17.4 Å². The lowest BCUT2D eigenvalue weighted by Gasteiger charge is -2.34. The molecule has 2 rings (SSSR count). The van der Waals surface area contributed by atoms with E-state index in [0.717, 1.165) is 25.7 Å². The van der Waals surface area contributed by atoms with Crippen molar-refractivity contribution in [3.8, 4) is 0 Å². The Balaban J connectivity index is 2.20. The number of carbonyl (C=O) groups excluding carboxylic acids is 1. The van der Waals surface area contributed by atoms with Gasteiger partial charge in [-0.25, -0.2) is 0 Å². The van der Waals surface area contributed by atoms with Crippen molar-refractivity contribution in [2.45, 2.75) is 50.5 Å². The summed E-state index contributed by atoms with van der Waals surface area (Å²) in [5, 5.41) is 19.3. The standard InChI is InChI=1S/C14H23N5O2/c1-19-10-7-11(17-19)12(20)16-14(13(15)18-21)8-5-3-2-4-6-9-14/h7,10,21H,2-6,8-9H2,1H3,(H2,15,18)(H,16,20). The quantitative estimate of drug-likeness (QED) is 0.339. The van der Waals surface area contributed by atoms with Crippen molar-refractivity contribution in [3.63, 3.8) is 0 Å². The summed E-state index contributed by atoms with van der Waals surface area (Å²) >= 11 is 0. The second kappa shape index (κ2) is 6.60. The summed E-state index contributed by atoms with van der Waals surface area (Å²) < 4.78 is 1.57. The number of hydrogen-bond acceptors (Lipinski definition) is 4. The van der Waals surface area contributed by atoms with E-state index in [1.807, 2.05) is 0 Å². The second-order valence-corrected chi connectivity index (χ2v) is 5.66. The van der Waals surface area contributed by atoms with Gasteiger partial charge in [-0.1, -0.05) is 37.3 Å². The summed E-state index contributed by atoms with van der Waals surface area (Å²) in [6.07, 6.45) is 8.35. The zero-order chi connectivity index (χ0) is 15.3.